The predicted octanol–water partition coefficient (Wildman–Crippen LogP) is 4.98. The summed E-state index contributed by atoms with van der Waals surface area (Å²) >= 11 is 6.18. The van der Waals surface area contributed by atoms with Gasteiger partial charge in [-0.2, -0.15) is 5.10 Å². The Morgan fingerprint density at radius 1 is 0.818 bits per heavy atom. The Morgan fingerprint density at radius 3 is 2.20 bits per heavy atom. The molecule has 0 atom stereocenters. The number of anilines is 1. The minimum atomic E-state index is -1.07. The number of nitrogens with zero attached hydrogens (tertiary/aromatic N) is 3. The Balaban J connectivity index is 1.45. The molecule has 10 nitrogen and oxygen atoms in total. The Kier molecular flexibility index (Phi) is 8.72. The lowest BCUT2D eigenvalue weighted by Crippen LogP contribution is -2.28. The average Bonchev–Trinajstić information content (AvgIpc) is 3.45. The third kappa shape index (κ3) is 6.60. The first-order chi connectivity index (χ1) is 21.1. The molecule has 2 heterocycles. The van der Waals surface area contributed by atoms with Gasteiger partial charge in [0.15, 0.2) is 23.1 Å². The van der Waals surface area contributed by atoms with Crippen LogP contribution in [0.15, 0.2) is 79.0 Å². The van der Waals surface area contributed by atoms with Gasteiger partial charge in [-0.05, 0) is 42.3 Å². The molecule has 0 radical (unpaired) electrons. The van der Waals surface area contributed by atoms with Gasteiger partial charge in [0.25, 0.3) is 17.7 Å². The highest BCUT2D eigenvalue weighted by Gasteiger charge is 2.23. The molecule has 0 bridgehead atoms. The van der Waals surface area contributed by atoms with E-state index in [2.05, 4.69) is 26.0 Å². The van der Waals surface area contributed by atoms with E-state index < -0.39 is 29.4 Å². The Hall–Kier alpha value is -5.49. The second-order valence-electron chi connectivity index (χ2n) is 9.62. The van der Waals surface area contributed by atoms with Crippen LogP contribution < -0.4 is 16.0 Å². The Morgan fingerprint density at radius 2 is 1.50 bits per heavy atom. The van der Waals surface area contributed by atoms with Crippen molar-refractivity contribution in [2.24, 2.45) is 0 Å². The van der Waals surface area contributed by atoms with Crippen molar-refractivity contribution < 1.29 is 28.0 Å². The Labute approximate surface area is 254 Å². The van der Waals surface area contributed by atoms with E-state index in [4.69, 9.17) is 11.6 Å². The summed E-state index contributed by atoms with van der Waals surface area (Å²) in [5, 5.41) is 12.4. The summed E-state index contributed by atoms with van der Waals surface area (Å²) in [6, 6.07) is 17.6. The normalized spacial score (nSPS) is 10.8. The number of fused-ring (bicyclic) bond motifs is 1. The number of hydrogen-bond acceptors (Lipinski definition) is 6. The van der Waals surface area contributed by atoms with Crippen molar-refractivity contribution >= 4 is 46.4 Å². The molecule has 0 unspecified atom stereocenters. The van der Waals surface area contributed by atoms with Gasteiger partial charge in [0, 0.05) is 24.7 Å². The van der Waals surface area contributed by atoms with Gasteiger partial charge < -0.3 is 16.0 Å². The summed E-state index contributed by atoms with van der Waals surface area (Å²) in [6.07, 6.45) is 1.20. The van der Waals surface area contributed by atoms with Crippen molar-refractivity contribution in [1.29, 1.82) is 0 Å². The number of carbonyl (C=O) groups is 4. The van der Waals surface area contributed by atoms with Gasteiger partial charge in [-0.15, -0.1) is 0 Å². The summed E-state index contributed by atoms with van der Waals surface area (Å²) < 4.78 is 28.1. The van der Waals surface area contributed by atoms with E-state index >= 15 is 0 Å². The fourth-order valence-corrected chi connectivity index (χ4v) is 4.39. The number of hydrogen-bond donors (Lipinski definition) is 3. The molecule has 222 valence electrons. The number of halogens is 3. The van der Waals surface area contributed by atoms with Gasteiger partial charge in [0.05, 0.1) is 16.9 Å². The van der Waals surface area contributed by atoms with Crippen LogP contribution in [0.2, 0.25) is 5.02 Å². The lowest BCUT2D eigenvalue weighted by atomic mass is 10.1. The highest BCUT2D eigenvalue weighted by molar-refractivity contribution is 6.34. The number of para-hydroxylation sites is 1. The molecule has 0 fully saturated rings. The standard InChI is InChI=1S/C31H23ClF2N6O4/c1-17(41)20-9-6-18(7-10-20)14-36-31(44)27-13-26(30(43)35-15-19-8-11-23(33)24(34)12-19)38-28-21(16-37-40(27)28)29(42)39-25-5-3-2-4-22(25)32/h2-13,16H,14-15H2,1H3,(H,35,43)(H,36,44)(H,39,42). The monoisotopic (exact) mass is 616 g/mol. The van der Waals surface area contributed by atoms with Crippen molar-refractivity contribution in [3.8, 4) is 0 Å². The van der Waals surface area contributed by atoms with E-state index in [1.807, 2.05) is 0 Å². The first-order valence-electron chi connectivity index (χ1n) is 13.2. The number of nitrogens with one attached hydrogen (secondary N) is 3. The van der Waals surface area contributed by atoms with Crippen LogP contribution in [0.4, 0.5) is 14.5 Å². The highest BCUT2D eigenvalue weighted by Crippen LogP contribution is 2.22. The molecular weight excluding hydrogens is 594 g/mol. The van der Waals surface area contributed by atoms with Gasteiger partial charge in [-0.3, -0.25) is 19.2 Å². The van der Waals surface area contributed by atoms with Crippen molar-refractivity contribution in [2.75, 3.05) is 5.32 Å². The van der Waals surface area contributed by atoms with Crippen molar-refractivity contribution in [3.63, 3.8) is 0 Å². The van der Waals surface area contributed by atoms with Crippen molar-refractivity contribution in [1.82, 2.24) is 25.2 Å². The largest absolute Gasteiger partial charge is 0.347 e. The number of benzene rings is 3. The van der Waals surface area contributed by atoms with E-state index in [9.17, 15) is 28.0 Å². The molecule has 0 aliphatic heterocycles. The van der Waals surface area contributed by atoms with Gasteiger partial charge in [0.2, 0.25) is 0 Å². The molecule has 3 N–H and O–H groups in total. The molecule has 44 heavy (non-hydrogen) atoms. The van der Waals surface area contributed by atoms with Crippen LogP contribution in [0, 0.1) is 11.6 Å². The lowest BCUT2D eigenvalue weighted by Gasteiger charge is -2.11. The minimum absolute atomic E-state index is 0.0472. The van der Waals surface area contributed by atoms with Crippen LogP contribution in [0.1, 0.15) is 59.7 Å². The zero-order valence-corrected chi connectivity index (χ0v) is 23.8. The second-order valence-corrected chi connectivity index (χ2v) is 10.0. The smallest absolute Gasteiger partial charge is 0.270 e. The summed E-state index contributed by atoms with van der Waals surface area (Å²) in [6.45, 7) is 1.36. The van der Waals surface area contributed by atoms with Crippen LogP contribution in [0.25, 0.3) is 5.65 Å². The minimum Gasteiger partial charge on any atom is -0.347 e. The van der Waals surface area contributed by atoms with E-state index in [-0.39, 0.29) is 47.0 Å². The summed E-state index contributed by atoms with van der Waals surface area (Å²) in [7, 11) is 0. The molecule has 0 aliphatic rings. The third-order valence-corrected chi connectivity index (χ3v) is 6.88. The average molecular weight is 617 g/mol. The first-order valence-corrected chi connectivity index (χ1v) is 13.5. The summed E-state index contributed by atoms with van der Waals surface area (Å²) in [4.78, 5) is 55.6. The quantitative estimate of drug-likeness (QED) is 0.200. The fourth-order valence-electron chi connectivity index (χ4n) is 4.21. The van der Waals surface area contributed by atoms with E-state index in [0.717, 1.165) is 16.6 Å². The summed E-state index contributed by atoms with van der Waals surface area (Å²) in [5.74, 6) is -4.21. The predicted molar refractivity (Wildman–Crippen MR) is 158 cm³/mol. The summed E-state index contributed by atoms with van der Waals surface area (Å²) in [5.41, 5.74) is 1.37. The second kappa shape index (κ2) is 12.8. The van der Waals surface area contributed by atoms with Crippen molar-refractivity contribution in [2.45, 2.75) is 20.0 Å². The zero-order chi connectivity index (χ0) is 31.4. The molecule has 0 saturated heterocycles. The third-order valence-electron chi connectivity index (χ3n) is 6.55. The number of rotatable bonds is 9. The molecule has 13 heteroatoms. The molecule has 0 saturated carbocycles. The van der Waals surface area contributed by atoms with Gasteiger partial charge in [0.1, 0.15) is 17.0 Å². The maximum Gasteiger partial charge on any atom is 0.270 e. The van der Waals surface area contributed by atoms with Crippen molar-refractivity contribution in [3.05, 3.63) is 129 Å². The first kappa shape index (κ1) is 30.0. The fraction of sp³-hybridized carbons (Fsp3) is 0.0968. The van der Waals surface area contributed by atoms with Crippen LogP contribution in [0.5, 0.6) is 0 Å². The van der Waals surface area contributed by atoms with Crippen LogP contribution in [0.3, 0.4) is 0 Å². The molecule has 0 aliphatic carbocycles. The van der Waals surface area contributed by atoms with Gasteiger partial charge in [-0.25, -0.2) is 18.3 Å². The number of carbonyl (C=O) groups excluding carboxylic acids is 4. The van der Waals surface area contributed by atoms with Gasteiger partial charge in [-0.1, -0.05) is 54.1 Å². The van der Waals surface area contributed by atoms with E-state index in [1.165, 1.54) is 25.3 Å². The molecule has 5 aromatic rings. The van der Waals surface area contributed by atoms with Gasteiger partial charge >= 0.3 is 0 Å². The topological polar surface area (TPSA) is 135 Å². The molecule has 5 rings (SSSR count). The lowest BCUT2D eigenvalue weighted by molar-refractivity contribution is 0.0939. The van der Waals surface area contributed by atoms with E-state index in [1.54, 1.807) is 48.5 Å². The van der Waals surface area contributed by atoms with Crippen LogP contribution in [-0.2, 0) is 13.1 Å². The molecule has 2 aromatic heterocycles. The molecule has 3 amide bonds. The van der Waals surface area contributed by atoms with Crippen LogP contribution in [-0.4, -0.2) is 38.1 Å². The molecular formula is C31H23ClF2N6O4. The zero-order valence-electron chi connectivity index (χ0n) is 23.0. The Bertz CT molecular complexity index is 1930. The number of Topliss-reactive ketones (excluding diaryl/α,β-unsaturated/α-hetero) is 1. The van der Waals surface area contributed by atoms with Crippen LogP contribution >= 0.6 is 11.6 Å². The molecule has 0 spiro atoms. The number of ketones is 1. The molecule has 3 aromatic carbocycles. The van der Waals surface area contributed by atoms with E-state index in [0.29, 0.717) is 21.8 Å². The SMILES string of the molecule is CC(=O)c1ccc(CNC(=O)c2cc(C(=O)NCc3ccc(F)c(F)c3)nc3c(C(=O)Nc4ccccc4Cl)cnn23)cc1. The number of aromatic nitrogens is 3. The highest BCUT2D eigenvalue weighted by atomic mass is 35.5. The number of amides is 3. The maximum atomic E-state index is 13.6. The maximum absolute atomic E-state index is 13.6.